The highest BCUT2D eigenvalue weighted by Gasteiger charge is 2.28. The van der Waals surface area contributed by atoms with Gasteiger partial charge in [0.05, 0.1) is 0 Å². The number of nitrogens with zero attached hydrogens (tertiary/aromatic N) is 1. The van der Waals surface area contributed by atoms with E-state index in [-0.39, 0.29) is 0 Å². The van der Waals surface area contributed by atoms with Gasteiger partial charge in [-0.15, -0.1) is 0 Å². The first kappa shape index (κ1) is 7.56. The lowest BCUT2D eigenvalue weighted by Gasteiger charge is -2.14. The molecule has 0 spiro atoms. The molecule has 2 rings (SSSR count). The molecule has 1 saturated carbocycles. The highest BCUT2D eigenvalue weighted by atomic mass is 16.3. The van der Waals surface area contributed by atoms with Crippen molar-refractivity contribution < 1.29 is 5.11 Å². The average Bonchev–Trinajstić information content (AvgIpc) is 2.68. The van der Waals surface area contributed by atoms with Crippen LogP contribution in [0.5, 0.6) is 0 Å². The van der Waals surface area contributed by atoms with Crippen molar-refractivity contribution in [2.24, 2.45) is 11.8 Å². The van der Waals surface area contributed by atoms with Gasteiger partial charge < -0.3 is 10.0 Å². The van der Waals surface area contributed by atoms with Crippen LogP contribution in [0.1, 0.15) is 19.3 Å². The Morgan fingerprint density at radius 3 is 2.55 bits per heavy atom. The first-order chi connectivity index (χ1) is 5.38. The van der Waals surface area contributed by atoms with Crippen molar-refractivity contribution in [1.29, 1.82) is 0 Å². The molecule has 0 aromatic carbocycles. The third-order valence-corrected chi connectivity index (χ3v) is 2.84. The third kappa shape index (κ3) is 1.94. The number of aliphatic hydroxyl groups excluding tert-OH is 1. The zero-order valence-electron chi connectivity index (χ0n) is 7.00. The van der Waals surface area contributed by atoms with Crippen molar-refractivity contribution in [2.45, 2.75) is 19.3 Å². The van der Waals surface area contributed by atoms with Gasteiger partial charge in [0.2, 0.25) is 0 Å². The normalized spacial score (nSPS) is 33.0. The van der Waals surface area contributed by atoms with E-state index in [4.69, 9.17) is 5.11 Å². The van der Waals surface area contributed by atoms with E-state index in [2.05, 4.69) is 4.90 Å². The smallest absolute Gasteiger partial charge is 0.0471 e. The van der Waals surface area contributed by atoms with Gasteiger partial charge in [-0.1, -0.05) is 0 Å². The molecule has 0 aromatic rings. The van der Waals surface area contributed by atoms with Gasteiger partial charge in [-0.25, -0.2) is 0 Å². The molecule has 1 heterocycles. The molecule has 1 aliphatic heterocycles. The first-order valence-electron chi connectivity index (χ1n) is 4.71. The Labute approximate surface area is 68.2 Å². The van der Waals surface area contributed by atoms with Crippen LogP contribution in [0.2, 0.25) is 0 Å². The van der Waals surface area contributed by atoms with Gasteiger partial charge in [0.1, 0.15) is 0 Å². The van der Waals surface area contributed by atoms with E-state index in [1.54, 1.807) is 0 Å². The summed E-state index contributed by atoms with van der Waals surface area (Å²) in [5.41, 5.74) is 0. The summed E-state index contributed by atoms with van der Waals surface area (Å²) in [5, 5.41) is 8.91. The maximum Gasteiger partial charge on any atom is 0.0471 e. The molecule has 2 nitrogen and oxygen atoms in total. The molecule has 1 saturated heterocycles. The van der Waals surface area contributed by atoms with Crippen molar-refractivity contribution in [3.8, 4) is 0 Å². The summed E-state index contributed by atoms with van der Waals surface area (Å²) < 4.78 is 0. The minimum atomic E-state index is 0.390. The molecular weight excluding hydrogens is 138 g/mol. The van der Waals surface area contributed by atoms with Crippen molar-refractivity contribution in [2.75, 3.05) is 26.2 Å². The van der Waals surface area contributed by atoms with E-state index >= 15 is 0 Å². The highest BCUT2D eigenvalue weighted by molar-refractivity contribution is 4.82. The summed E-state index contributed by atoms with van der Waals surface area (Å²) in [6.45, 7) is 4.06. The monoisotopic (exact) mass is 155 g/mol. The summed E-state index contributed by atoms with van der Waals surface area (Å²) in [6.07, 6.45) is 4.10. The van der Waals surface area contributed by atoms with Crippen LogP contribution in [-0.2, 0) is 0 Å². The SMILES string of the molecule is OC[C@H]1CCN(CC2CC2)C1. The third-order valence-electron chi connectivity index (χ3n) is 2.84. The van der Waals surface area contributed by atoms with Gasteiger partial charge in [0.25, 0.3) is 0 Å². The van der Waals surface area contributed by atoms with E-state index < -0.39 is 0 Å². The van der Waals surface area contributed by atoms with Crippen LogP contribution in [-0.4, -0.2) is 36.2 Å². The standard InChI is InChI=1S/C9H17NO/c11-7-9-3-4-10(6-9)5-8-1-2-8/h8-9,11H,1-7H2/t9-/m0/s1. The second kappa shape index (κ2) is 3.11. The van der Waals surface area contributed by atoms with Crippen LogP contribution >= 0.6 is 0 Å². The summed E-state index contributed by atoms with van der Waals surface area (Å²) in [5.74, 6) is 1.58. The van der Waals surface area contributed by atoms with Crippen LogP contribution < -0.4 is 0 Å². The Bertz CT molecular complexity index is 134. The second-order valence-electron chi connectivity index (χ2n) is 4.04. The molecule has 0 amide bonds. The minimum absolute atomic E-state index is 0.390. The van der Waals surface area contributed by atoms with E-state index in [1.807, 2.05) is 0 Å². The number of hydrogen-bond acceptors (Lipinski definition) is 2. The lowest BCUT2D eigenvalue weighted by molar-refractivity contribution is 0.220. The molecule has 2 aliphatic rings. The first-order valence-corrected chi connectivity index (χ1v) is 4.71. The lowest BCUT2D eigenvalue weighted by atomic mass is 10.1. The Balaban J connectivity index is 1.70. The van der Waals surface area contributed by atoms with Gasteiger partial charge in [0, 0.05) is 19.7 Å². The number of likely N-dealkylation sites (tertiary alicyclic amines) is 1. The van der Waals surface area contributed by atoms with E-state index in [9.17, 15) is 0 Å². The molecule has 1 aliphatic carbocycles. The zero-order valence-corrected chi connectivity index (χ0v) is 7.00. The maximum atomic E-state index is 8.91. The molecule has 1 N–H and O–H groups in total. The van der Waals surface area contributed by atoms with Crippen molar-refractivity contribution in [1.82, 2.24) is 4.90 Å². The highest BCUT2D eigenvalue weighted by Crippen LogP contribution is 2.31. The van der Waals surface area contributed by atoms with Crippen LogP contribution in [0.25, 0.3) is 0 Å². The molecule has 2 fully saturated rings. The van der Waals surface area contributed by atoms with Gasteiger partial charge in [-0.2, -0.15) is 0 Å². The Kier molecular flexibility index (Phi) is 2.14. The van der Waals surface area contributed by atoms with Gasteiger partial charge in [-0.05, 0) is 37.6 Å². The topological polar surface area (TPSA) is 23.5 Å². The molecular formula is C9H17NO. The molecule has 11 heavy (non-hydrogen) atoms. The quantitative estimate of drug-likeness (QED) is 0.649. The largest absolute Gasteiger partial charge is 0.396 e. The predicted octanol–water partition coefficient (Wildman–Crippen LogP) is 0.711. The fourth-order valence-electron chi connectivity index (χ4n) is 1.89. The molecule has 2 heteroatoms. The minimum Gasteiger partial charge on any atom is -0.396 e. The molecule has 0 aromatic heterocycles. The molecule has 0 radical (unpaired) electrons. The molecule has 0 unspecified atom stereocenters. The van der Waals surface area contributed by atoms with Gasteiger partial charge >= 0.3 is 0 Å². The lowest BCUT2D eigenvalue weighted by Crippen LogP contribution is -2.23. The summed E-state index contributed by atoms with van der Waals surface area (Å²) >= 11 is 0. The number of aliphatic hydroxyl groups is 1. The van der Waals surface area contributed by atoms with Crippen LogP contribution in [0.15, 0.2) is 0 Å². The van der Waals surface area contributed by atoms with Gasteiger partial charge in [-0.3, -0.25) is 0 Å². The Morgan fingerprint density at radius 1 is 1.18 bits per heavy atom. The van der Waals surface area contributed by atoms with Crippen molar-refractivity contribution in [3.63, 3.8) is 0 Å². The summed E-state index contributed by atoms with van der Waals surface area (Å²) in [4.78, 5) is 2.51. The molecule has 64 valence electrons. The van der Waals surface area contributed by atoms with Crippen molar-refractivity contribution >= 4 is 0 Å². The maximum absolute atomic E-state index is 8.91. The fourth-order valence-corrected chi connectivity index (χ4v) is 1.89. The van der Waals surface area contributed by atoms with Crippen molar-refractivity contribution in [3.05, 3.63) is 0 Å². The second-order valence-corrected chi connectivity index (χ2v) is 4.04. The van der Waals surface area contributed by atoms with E-state index in [1.165, 1.54) is 32.4 Å². The van der Waals surface area contributed by atoms with Crippen LogP contribution in [0.3, 0.4) is 0 Å². The fraction of sp³-hybridized carbons (Fsp3) is 1.00. The predicted molar refractivity (Wildman–Crippen MR) is 44.4 cm³/mol. The number of hydrogen-bond donors (Lipinski definition) is 1. The summed E-state index contributed by atoms with van der Waals surface area (Å²) in [7, 11) is 0. The van der Waals surface area contributed by atoms with E-state index in [0.29, 0.717) is 12.5 Å². The zero-order chi connectivity index (χ0) is 7.68. The Hall–Kier alpha value is -0.0800. The molecule has 0 bridgehead atoms. The average molecular weight is 155 g/mol. The molecule has 1 atom stereocenters. The van der Waals surface area contributed by atoms with Crippen LogP contribution in [0, 0.1) is 11.8 Å². The van der Waals surface area contributed by atoms with E-state index in [0.717, 1.165) is 12.5 Å². The summed E-state index contributed by atoms with van der Waals surface area (Å²) in [6, 6.07) is 0. The number of rotatable bonds is 3. The Morgan fingerprint density at radius 2 is 2.00 bits per heavy atom. The van der Waals surface area contributed by atoms with Gasteiger partial charge in [0.15, 0.2) is 0 Å². The van der Waals surface area contributed by atoms with Crippen LogP contribution in [0.4, 0.5) is 0 Å².